The molecule has 0 radical (unpaired) electrons. The Labute approximate surface area is 111 Å². The molecule has 18 heavy (non-hydrogen) atoms. The molecule has 0 aromatic carbocycles. The van der Waals surface area contributed by atoms with Gasteiger partial charge in [0.2, 0.25) is 0 Å². The maximum atomic E-state index is 12.0. The van der Waals surface area contributed by atoms with Gasteiger partial charge in [-0.2, -0.15) is 0 Å². The number of carbonyl (C=O) groups is 2. The van der Waals surface area contributed by atoms with Crippen LogP contribution in [0.2, 0.25) is 5.15 Å². The predicted octanol–water partition coefficient (Wildman–Crippen LogP) is 1.62. The van der Waals surface area contributed by atoms with E-state index in [-0.39, 0.29) is 24.3 Å². The quantitative estimate of drug-likeness (QED) is 0.616. The van der Waals surface area contributed by atoms with E-state index in [0.29, 0.717) is 10.7 Å². The Bertz CT molecular complexity index is 433. The summed E-state index contributed by atoms with van der Waals surface area (Å²) in [6.45, 7) is 1.99. The Morgan fingerprint density at radius 1 is 1.50 bits per heavy atom. The van der Waals surface area contributed by atoms with E-state index in [0.717, 1.165) is 0 Å². The third-order valence-corrected chi connectivity index (χ3v) is 2.70. The number of esters is 1. The largest absolute Gasteiger partial charge is 0.469 e. The number of pyridine rings is 1. The van der Waals surface area contributed by atoms with Crippen LogP contribution >= 0.6 is 11.6 Å². The minimum atomic E-state index is -0.371. The molecule has 1 amide bonds. The number of carbonyl (C=O) groups excluding carboxylic acids is 2. The second-order valence-electron chi connectivity index (χ2n) is 3.98. The van der Waals surface area contributed by atoms with Crippen molar-refractivity contribution in [2.45, 2.75) is 6.92 Å². The summed E-state index contributed by atoms with van der Waals surface area (Å²) in [5, 5.41) is 0.331. The average molecular weight is 271 g/mol. The van der Waals surface area contributed by atoms with E-state index in [4.69, 9.17) is 11.6 Å². The summed E-state index contributed by atoms with van der Waals surface area (Å²) in [6, 6.07) is 3.14. The van der Waals surface area contributed by atoms with Gasteiger partial charge in [-0.3, -0.25) is 9.59 Å². The van der Waals surface area contributed by atoms with E-state index in [9.17, 15) is 9.59 Å². The van der Waals surface area contributed by atoms with Crippen LogP contribution in [0.15, 0.2) is 18.3 Å². The van der Waals surface area contributed by atoms with Crippen LogP contribution < -0.4 is 0 Å². The molecule has 0 N–H and O–H groups in total. The van der Waals surface area contributed by atoms with Crippen LogP contribution in [0.1, 0.15) is 17.3 Å². The molecule has 1 heterocycles. The number of methoxy groups -OCH3 is 1. The zero-order valence-electron chi connectivity index (χ0n) is 10.5. The van der Waals surface area contributed by atoms with Gasteiger partial charge in [0, 0.05) is 19.8 Å². The van der Waals surface area contributed by atoms with Gasteiger partial charge in [-0.25, -0.2) is 4.98 Å². The van der Waals surface area contributed by atoms with E-state index >= 15 is 0 Å². The topological polar surface area (TPSA) is 59.5 Å². The van der Waals surface area contributed by atoms with Gasteiger partial charge in [-0.05, 0) is 12.1 Å². The number of nitrogens with zero attached hydrogens (tertiary/aromatic N) is 2. The van der Waals surface area contributed by atoms with Crippen LogP contribution in [0.25, 0.3) is 0 Å². The number of rotatable bonds is 4. The first kappa shape index (κ1) is 14.4. The lowest BCUT2D eigenvalue weighted by Gasteiger charge is -2.20. The molecule has 0 fully saturated rings. The summed E-state index contributed by atoms with van der Waals surface area (Å²) in [7, 11) is 2.94. The van der Waals surface area contributed by atoms with Crippen LogP contribution in [0.5, 0.6) is 0 Å². The number of amides is 1. The predicted molar refractivity (Wildman–Crippen MR) is 67.4 cm³/mol. The maximum absolute atomic E-state index is 12.0. The minimum absolute atomic E-state index is 0.213. The third-order valence-electron chi connectivity index (χ3n) is 2.47. The zero-order valence-corrected chi connectivity index (χ0v) is 11.3. The summed E-state index contributed by atoms with van der Waals surface area (Å²) in [5.41, 5.74) is 0.430. The van der Waals surface area contributed by atoms with Gasteiger partial charge in [-0.15, -0.1) is 0 Å². The summed E-state index contributed by atoms with van der Waals surface area (Å²) in [5.74, 6) is -0.928. The molecule has 0 aliphatic carbocycles. The SMILES string of the molecule is COC(=O)C(C)CN(C)C(=O)c1ccc(Cl)nc1. The first-order chi connectivity index (χ1) is 8.45. The zero-order chi connectivity index (χ0) is 13.7. The molecule has 1 atom stereocenters. The van der Waals surface area contributed by atoms with Crippen LogP contribution in [0.4, 0.5) is 0 Å². The lowest BCUT2D eigenvalue weighted by Crippen LogP contribution is -2.34. The Morgan fingerprint density at radius 3 is 2.67 bits per heavy atom. The molecule has 6 heteroatoms. The average Bonchev–Trinajstić information content (AvgIpc) is 2.37. The highest BCUT2D eigenvalue weighted by Gasteiger charge is 2.19. The molecule has 1 unspecified atom stereocenters. The standard InChI is InChI=1S/C12H15ClN2O3/c1-8(12(17)18-3)7-15(2)11(16)9-4-5-10(13)14-6-9/h4-6,8H,7H2,1-3H3. The van der Waals surface area contributed by atoms with Crippen molar-refractivity contribution >= 4 is 23.5 Å². The maximum Gasteiger partial charge on any atom is 0.310 e. The highest BCUT2D eigenvalue weighted by atomic mass is 35.5. The molecule has 0 spiro atoms. The summed E-state index contributed by atoms with van der Waals surface area (Å²) < 4.78 is 4.61. The number of aromatic nitrogens is 1. The van der Waals surface area contributed by atoms with Crippen LogP contribution in [-0.4, -0.2) is 42.5 Å². The normalized spacial score (nSPS) is 11.8. The molecular weight excluding hydrogens is 256 g/mol. The van der Waals surface area contributed by atoms with E-state index in [1.54, 1.807) is 26.1 Å². The minimum Gasteiger partial charge on any atom is -0.469 e. The summed E-state index contributed by atoms with van der Waals surface area (Å²) in [6.07, 6.45) is 1.41. The van der Waals surface area contributed by atoms with Crippen molar-refractivity contribution in [3.05, 3.63) is 29.0 Å². The van der Waals surface area contributed by atoms with Gasteiger partial charge in [0.1, 0.15) is 5.15 Å². The van der Waals surface area contributed by atoms with Crippen LogP contribution in [0.3, 0.4) is 0 Å². The monoisotopic (exact) mass is 270 g/mol. The van der Waals surface area contributed by atoms with Gasteiger partial charge in [0.25, 0.3) is 5.91 Å². The fourth-order valence-electron chi connectivity index (χ4n) is 1.49. The van der Waals surface area contributed by atoms with E-state index in [1.165, 1.54) is 18.2 Å². The fraction of sp³-hybridized carbons (Fsp3) is 0.417. The molecule has 0 saturated heterocycles. The molecular formula is C12H15ClN2O3. The molecule has 1 rings (SSSR count). The molecule has 1 aromatic rings. The van der Waals surface area contributed by atoms with Crippen LogP contribution in [0, 0.1) is 5.92 Å². The van der Waals surface area contributed by atoms with Gasteiger partial charge in [0.05, 0.1) is 18.6 Å². The molecule has 0 aliphatic rings. The van der Waals surface area contributed by atoms with Gasteiger partial charge >= 0.3 is 5.97 Å². The van der Waals surface area contributed by atoms with Crippen molar-refractivity contribution in [1.82, 2.24) is 9.88 Å². The smallest absolute Gasteiger partial charge is 0.310 e. The number of ether oxygens (including phenoxy) is 1. The highest BCUT2D eigenvalue weighted by molar-refractivity contribution is 6.29. The Hall–Kier alpha value is -1.62. The Kier molecular flexibility index (Phi) is 5.09. The molecule has 0 bridgehead atoms. The van der Waals surface area contributed by atoms with Gasteiger partial charge in [-0.1, -0.05) is 18.5 Å². The first-order valence-electron chi connectivity index (χ1n) is 5.40. The van der Waals surface area contributed by atoms with Crippen molar-refractivity contribution in [1.29, 1.82) is 0 Å². The van der Waals surface area contributed by atoms with Crippen LogP contribution in [-0.2, 0) is 9.53 Å². The number of halogens is 1. The van der Waals surface area contributed by atoms with Crippen molar-refractivity contribution in [2.24, 2.45) is 5.92 Å². The number of hydrogen-bond acceptors (Lipinski definition) is 4. The van der Waals surface area contributed by atoms with E-state index < -0.39 is 0 Å². The third kappa shape index (κ3) is 3.70. The molecule has 98 valence electrons. The molecule has 0 aliphatic heterocycles. The summed E-state index contributed by atoms with van der Waals surface area (Å²) in [4.78, 5) is 28.5. The van der Waals surface area contributed by atoms with Crippen molar-refractivity contribution < 1.29 is 14.3 Å². The van der Waals surface area contributed by atoms with Crippen molar-refractivity contribution in [2.75, 3.05) is 20.7 Å². The lowest BCUT2D eigenvalue weighted by molar-refractivity contribution is -0.145. The Balaban J connectivity index is 2.67. The first-order valence-corrected chi connectivity index (χ1v) is 5.78. The second-order valence-corrected chi connectivity index (χ2v) is 4.37. The van der Waals surface area contributed by atoms with Gasteiger partial charge in [0.15, 0.2) is 0 Å². The molecule has 5 nitrogen and oxygen atoms in total. The molecule has 1 aromatic heterocycles. The van der Waals surface area contributed by atoms with Crippen molar-refractivity contribution in [3.8, 4) is 0 Å². The van der Waals surface area contributed by atoms with E-state index in [2.05, 4.69) is 9.72 Å². The lowest BCUT2D eigenvalue weighted by atomic mass is 10.1. The van der Waals surface area contributed by atoms with E-state index in [1.807, 2.05) is 0 Å². The highest BCUT2D eigenvalue weighted by Crippen LogP contribution is 2.09. The second kappa shape index (κ2) is 6.35. The summed E-state index contributed by atoms with van der Waals surface area (Å²) >= 11 is 5.64. The van der Waals surface area contributed by atoms with Gasteiger partial charge < -0.3 is 9.64 Å². The molecule has 0 saturated carbocycles. The fourth-order valence-corrected chi connectivity index (χ4v) is 1.60. The van der Waals surface area contributed by atoms with Crippen molar-refractivity contribution in [3.63, 3.8) is 0 Å². The Morgan fingerprint density at radius 2 is 2.17 bits per heavy atom. The number of hydrogen-bond donors (Lipinski definition) is 0.